The lowest BCUT2D eigenvalue weighted by Gasteiger charge is -2.33. The fourth-order valence-corrected chi connectivity index (χ4v) is 3.97. The number of hydrogen-bond donors (Lipinski definition) is 1. The van der Waals surface area contributed by atoms with Gasteiger partial charge in [-0.1, -0.05) is 6.42 Å². The number of rotatable bonds is 3. The first-order chi connectivity index (χ1) is 7.74. The maximum absolute atomic E-state index is 12.9. The quantitative estimate of drug-likeness (QED) is 0.798. The fourth-order valence-electron chi connectivity index (χ4n) is 3.41. The van der Waals surface area contributed by atoms with Crippen molar-refractivity contribution in [1.29, 1.82) is 0 Å². The van der Waals surface area contributed by atoms with Crippen molar-refractivity contribution < 1.29 is 21.9 Å². The van der Waals surface area contributed by atoms with Gasteiger partial charge in [0.1, 0.15) is 0 Å². The van der Waals surface area contributed by atoms with E-state index in [0.717, 1.165) is 32.6 Å². The lowest BCUT2D eigenvalue weighted by atomic mass is 9.82. The minimum Gasteiger partial charge on any atom is -0.305 e. The molecule has 0 aromatic rings. The van der Waals surface area contributed by atoms with Gasteiger partial charge in [0, 0.05) is 0 Å². The predicted octanol–water partition coefficient (Wildman–Crippen LogP) is 3.36. The zero-order chi connectivity index (χ0) is 12.8. The Kier molecular flexibility index (Phi) is 3.32. The van der Waals surface area contributed by atoms with Gasteiger partial charge in [-0.15, -0.1) is 0 Å². The minimum absolute atomic E-state index is 0.0310. The largest absolute Gasteiger partial charge is 0.407 e. The molecule has 0 spiro atoms. The summed E-state index contributed by atoms with van der Waals surface area (Å²) in [5.74, 6) is 0.858. The molecule has 2 saturated carbocycles. The van der Waals surface area contributed by atoms with Crippen molar-refractivity contribution in [3.8, 4) is 0 Å². The van der Waals surface area contributed by atoms with E-state index in [2.05, 4.69) is 0 Å². The molecule has 17 heavy (non-hydrogen) atoms. The second-order valence-electron chi connectivity index (χ2n) is 5.62. The average Bonchev–Trinajstić information content (AvgIpc) is 2.76. The van der Waals surface area contributed by atoms with E-state index in [-0.39, 0.29) is 12.3 Å². The van der Waals surface area contributed by atoms with Crippen LogP contribution in [-0.4, -0.2) is 19.7 Å². The molecule has 0 aliphatic heterocycles. The molecule has 0 amide bonds. The van der Waals surface area contributed by atoms with Crippen LogP contribution in [0.1, 0.15) is 39.0 Å². The van der Waals surface area contributed by atoms with Crippen LogP contribution in [0, 0.1) is 17.8 Å². The molecule has 2 nitrogen and oxygen atoms in total. The molecule has 2 rings (SSSR count). The summed E-state index contributed by atoms with van der Waals surface area (Å²) in [7, 11) is 0. The summed E-state index contributed by atoms with van der Waals surface area (Å²) in [6.45, 7) is 0.870. The molecule has 2 bridgehead atoms. The van der Waals surface area contributed by atoms with Gasteiger partial charge < -0.3 is 4.55 Å². The molecule has 6 heteroatoms. The van der Waals surface area contributed by atoms with Crippen LogP contribution < -0.4 is 0 Å². The Balaban J connectivity index is 2.12. The Morgan fingerprint density at radius 1 is 1.29 bits per heavy atom. The Hall–Kier alpha value is -0.100. The first-order valence-electron chi connectivity index (χ1n) is 5.91. The Morgan fingerprint density at radius 3 is 2.29 bits per heavy atom. The normalized spacial score (nSPS) is 38.1. The Bertz CT molecular complexity index is 331. The van der Waals surface area contributed by atoms with Gasteiger partial charge >= 0.3 is 6.18 Å². The third kappa shape index (κ3) is 2.26. The van der Waals surface area contributed by atoms with Gasteiger partial charge in [0.05, 0.1) is 0 Å². The van der Waals surface area contributed by atoms with E-state index in [9.17, 15) is 17.4 Å². The Morgan fingerprint density at radius 2 is 1.94 bits per heavy atom. The highest BCUT2D eigenvalue weighted by molar-refractivity contribution is 7.80. The van der Waals surface area contributed by atoms with E-state index in [1.165, 1.54) is 0 Å². The molecule has 5 atom stereocenters. The van der Waals surface area contributed by atoms with Crippen molar-refractivity contribution in [1.82, 2.24) is 0 Å². The third-order valence-corrected chi connectivity index (χ3v) is 5.69. The van der Waals surface area contributed by atoms with Crippen LogP contribution in [0.2, 0.25) is 0 Å². The Labute approximate surface area is 101 Å². The molecule has 2 aliphatic rings. The van der Waals surface area contributed by atoms with Gasteiger partial charge in [-0.25, -0.2) is 4.21 Å². The van der Waals surface area contributed by atoms with Crippen LogP contribution in [-0.2, 0) is 11.1 Å². The molecular weight excluding hydrogens is 253 g/mol. The van der Waals surface area contributed by atoms with Crippen LogP contribution in [0.5, 0.6) is 0 Å². The van der Waals surface area contributed by atoms with Gasteiger partial charge in [0.15, 0.2) is 15.8 Å². The number of hydrogen-bond acceptors (Lipinski definition) is 1. The van der Waals surface area contributed by atoms with Gasteiger partial charge in [-0.05, 0) is 50.4 Å². The van der Waals surface area contributed by atoms with Crippen LogP contribution in [0.4, 0.5) is 13.2 Å². The van der Waals surface area contributed by atoms with Crippen molar-refractivity contribution in [3.63, 3.8) is 0 Å². The third-order valence-electron chi connectivity index (χ3n) is 4.52. The highest BCUT2D eigenvalue weighted by atomic mass is 32.2. The van der Waals surface area contributed by atoms with Crippen molar-refractivity contribution >= 4 is 11.1 Å². The van der Waals surface area contributed by atoms with Gasteiger partial charge in [-0.2, -0.15) is 13.2 Å². The summed E-state index contributed by atoms with van der Waals surface area (Å²) in [5, 5.41) is 0. The van der Waals surface area contributed by atoms with E-state index in [1.807, 2.05) is 0 Å². The molecule has 1 N–H and O–H groups in total. The molecule has 2 aliphatic carbocycles. The highest BCUT2D eigenvalue weighted by Gasteiger charge is 2.58. The van der Waals surface area contributed by atoms with E-state index in [4.69, 9.17) is 4.55 Å². The number of fused-ring (bicyclic) bond motifs is 2. The lowest BCUT2D eigenvalue weighted by Crippen LogP contribution is -2.47. The predicted molar refractivity (Wildman–Crippen MR) is 58.8 cm³/mol. The highest BCUT2D eigenvalue weighted by Crippen LogP contribution is 2.53. The molecule has 0 radical (unpaired) electrons. The zero-order valence-electron chi connectivity index (χ0n) is 9.67. The van der Waals surface area contributed by atoms with Crippen LogP contribution in [0.3, 0.4) is 0 Å². The van der Waals surface area contributed by atoms with Crippen molar-refractivity contribution in [2.75, 3.05) is 0 Å². The van der Waals surface area contributed by atoms with Crippen molar-refractivity contribution in [2.24, 2.45) is 17.8 Å². The topological polar surface area (TPSA) is 37.3 Å². The SMILES string of the molecule is CC(CC1CC2CCC1C2)(S(=O)O)C(F)(F)F. The standard InChI is InChI=1S/C11H17F3O2S/c1-10(17(15)16,11(12,13)14)6-9-5-7-2-3-8(9)4-7/h7-9H,2-6H2,1H3,(H,15,16). The molecular formula is C11H17F3O2S. The summed E-state index contributed by atoms with van der Waals surface area (Å²) in [6, 6.07) is 0. The summed E-state index contributed by atoms with van der Waals surface area (Å²) in [5.41, 5.74) is 0. The molecule has 100 valence electrons. The average molecular weight is 270 g/mol. The second kappa shape index (κ2) is 4.23. The lowest BCUT2D eigenvalue weighted by molar-refractivity contribution is -0.162. The first-order valence-corrected chi connectivity index (χ1v) is 7.02. The van der Waals surface area contributed by atoms with Gasteiger partial charge in [0.2, 0.25) is 0 Å². The molecule has 0 aromatic heterocycles. The molecule has 5 unspecified atom stereocenters. The van der Waals surface area contributed by atoms with Crippen LogP contribution in [0.25, 0.3) is 0 Å². The minimum atomic E-state index is -4.62. The molecule has 0 heterocycles. The van der Waals surface area contributed by atoms with Gasteiger partial charge in [0.25, 0.3) is 0 Å². The van der Waals surface area contributed by atoms with E-state index >= 15 is 0 Å². The number of halogens is 3. The van der Waals surface area contributed by atoms with Crippen molar-refractivity contribution in [3.05, 3.63) is 0 Å². The van der Waals surface area contributed by atoms with E-state index in [0.29, 0.717) is 11.8 Å². The monoisotopic (exact) mass is 270 g/mol. The number of alkyl halides is 3. The first kappa shape index (κ1) is 13.3. The van der Waals surface area contributed by atoms with Crippen LogP contribution >= 0.6 is 0 Å². The molecule has 2 fully saturated rings. The summed E-state index contributed by atoms with van der Waals surface area (Å²) >= 11 is -2.86. The summed E-state index contributed by atoms with van der Waals surface area (Å²) in [6.07, 6.45) is -0.910. The fraction of sp³-hybridized carbons (Fsp3) is 1.00. The maximum atomic E-state index is 12.9. The van der Waals surface area contributed by atoms with Crippen LogP contribution in [0.15, 0.2) is 0 Å². The van der Waals surface area contributed by atoms with E-state index in [1.54, 1.807) is 0 Å². The second-order valence-corrected chi connectivity index (χ2v) is 7.02. The summed E-state index contributed by atoms with van der Waals surface area (Å²) < 4.78 is 56.3. The smallest absolute Gasteiger partial charge is 0.305 e. The maximum Gasteiger partial charge on any atom is 0.407 e. The van der Waals surface area contributed by atoms with Gasteiger partial charge in [-0.3, -0.25) is 0 Å². The summed E-state index contributed by atoms with van der Waals surface area (Å²) in [4.78, 5) is 0. The van der Waals surface area contributed by atoms with E-state index < -0.39 is 22.0 Å². The zero-order valence-corrected chi connectivity index (χ0v) is 10.5. The molecule has 0 saturated heterocycles. The molecule has 0 aromatic carbocycles. The van der Waals surface area contributed by atoms with Crippen molar-refractivity contribution in [2.45, 2.75) is 50.0 Å².